The van der Waals surface area contributed by atoms with E-state index in [1.807, 2.05) is 0 Å². The van der Waals surface area contributed by atoms with Crippen LogP contribution >= 0.6 is 8.60 Å². The molecule has 14 nitrogen and oxygen atoms in total. The Morgan fingerprint density at radius 2 is 0.750 bits per heavy atom. The molecule has 1 aliphatic rings. The zero-order valence-corrected chi connectivity index (χ0v) is 66.6. The molecule has 0 aromatic rings. The Balaban J connectivity index is 0.0000828. The third kappa shape index (κ3) is 60.7. The quantitative estimate of drug-likeness (QED) is 0.0186. The number of hydrogen-bond acceptors (Lipinski definition) is 14. The predicted molar refractivity (Wildman–Crippen MR) is 376 cm³/mol. The van der Waals surface area contributed by atoms with Gasteiger partial charge in [-0.1, -0.05) is 272 Å². The van der Waals surface area contributed by atoms with Gasteiger partial charge < -0.3 is 46.9 Å². The molecule has 0 aromatic carbocycles. The van der Waals surface area contributed by atoms with Crippen molar-refractivity contribution in [2.24, 2.45) is 0 Å². The van der Waals surface area contributed by atoms with Gasteiger partial charge in [0.05, 0.1) is 19.8 Å². The molecule has 0 aliphatic carbocycles. The summed E-state index contributed by atoms with van der Waals surface area (Å²) in [6.07, 6.45) is 59.8. The number of unbranched alkanes of at least 4 members (excludes halogenated alkanes) is 41. The van der Waals surface area contributed by atoms with Gasteiger partial charge in [0.1, 0.15) is 24.9 Å². The first-order valence-electron chi connectivity index (χ1n) is 38.7. The molecule has 0 aromatic heterocycles. The van der Waals surface area contributed by atoms with Crippen LogP contribution in [-0.4, -0.2) is 112 Å². The van der Waals surface area contributed by atoms with Crippen LogP contribution in [0.5, 0.6) is 0 Å². The van der Waals surface area contributed by atoms with Gasteiger partial charge in [0.25, 0.3) is 5.97 Å². The van der Waals surface area contributed by atoms with E-state index in [1.165, 1.54) is 226 Å². The van der Waals surface area contributed by atoms with E-state index in [0.29, 0.717) is 32.8 Å². The number of esters is 4. The third-order valence-corrected chi connectivity index (χ3v) is 18.8. The summed E-state index contributed by atoms with van der Waals surface area (Å²) < 4.78 is 53.5. The van der Waals surface area contributed by atoms with Crippen LogP contribution in [-0.2, 0) is 61.2 Å². The second kappa shape index (κ2) is 70.4. The van der Waals surface area contributed by atoms with Crippen molar-refractivity contribution in [3.05, 3.63) is 6.42 Å². The maximum absolute atomic E-state index is 13.3. The molecule has 1 rings (SSSR count). The molecule has 92 heavy (non-hydrogen) atoms. The second-order valence-corrected chi connectivity index (χ2v) is 27.8. The fourth-order valence-corrected chi connectivity index (χ4v) is 13.2. The molecule has 541 valence electrons. The zero-order chi connectivity index (χ0) is 66.1. The van der Waals surface area contributed by atoms with Crippen LogP contribution in [0.15, 0.2) is 0 Å². The standard InChI is InChI=1S/C76H145NO13P.Ac/c1-8-12-16-20-24-28-32-38-46-56-71(57-47-39-33-29-25-21-17-13-9-2)89-74(81)58-48-40-36-41-49-59-77(61-51-55-62-82-75-66-72(87-69(6)79)76(88-70(7)80)73(90-75)67-83-68(5)78)60-50-42-37-45-54-65-86-91(84-63-52-43-34-30-26-22-18-14-10-3)85-64-53-44-35-31-27-23-19-15-11-4;/h66,71-73,75-76H,8-65,67H2,1-7H3;/q-1;/t72?,73?,75-,76-;/m0./s1. The van der Waals surface area contributed by atoms with Crippen molar-refractivity contribution in [3.8, 4) is 0 Å². The van der Waals surface area contributed by atoms with E-state index in [1.54, 1.807) is 6.42 Å². The number of carbonyl (C=O) groups is 4. The maximum Gasteiger partial charge on any atom is 0.332 e. The molecule has 1 aliphatic heterocycles. The monoisotopic (exact) mass is 1540 g/mol. The smallest absolute Gasteiger partial charge is 0.332 e. The van der Waals surface area contributed by atoms with Crippen molar-refractivity contribution in [2.45, 2.75) is 407 Å². The summed E-state index contributed by atoms with van der Waals surface area (Å²) in [5.41, 5.74) is 0. The van der Waals surface area contributed by atoms with Gasteiger partial charge in [-0.15, -0.1) is 0 Å². The Morgan fingerprint density at radius 3 is 1.13 bits per heavy atom. The second-order valence-electron chi connectivity index (χ2n) is 26.6. The van der Waals surface area contributed by atoms with Gasteiger partial charge in [-0.2, -0.15) is 0 Å². The molecule has 1 saturated heterocycles. The molecule has 1 heterocycles. The molecular weight excluding hydrogens is 1390 g/mol. The van der Waals surface area contributed by atoms with Crippen molar-refractivity contribution in [1.82, 2.24) is 4.90 Å². The van der Waals surface area contributed by atoms with Crippen LogP contribution in [0, 0.1) is 50.5 Å². The minimum Gasteiger partial charge on any atom is -0.491 e. The van der Waals surface area contributed by atoms with Gasteiger partial charge in [-0.25, -0.2) is 6.42 Å². The zero-order valence-electron chi connectivity index (χ0n) is 61.0. The first kappa shape index (κ1) is 91.5. The fourth-order valence-electron chi connectivity index (χ4n) is 12.1. The van der Waals surface area contributed by atoms with Crippen molar-refractivity contribution in [1.29, 1.82) is 0 Å². The van der Waals surface area contributed by atoms with Crippen LogP contribution in [0.25, 0.3) is 0 Å². The summed E-state index contributed by atoms with van der Waals surface area (Å²) in [7, 11) is -1.32. The summed E-state index contributed by atoms with van der Waals surface area (Å²) in [6, 6.07) is 0. The molecular formula is C76H145AcNO13P-. The van der Waals surface area contributed by atoms with Gasteiger partial charge in [-0.3, -0.25) is 19.2 Å². The Bertz CT molecular complexity index is 1570. The number of ether oxygens (including phenoxy) is 6. The van der Waals surface area contributed by atoms with Crippen molar-refractivity contribution < 1.29 is 105 Å². The predicted octanol–water partition coefficient (Wildman–Crippen LogP) is 21.8. The van der Waals surface area contributed by atoms with E-state index in [-0.39, 0.29) is 62.7 Å². The molecule has 0 bridgehead atoms. The van der Waals surface area contributed by atoms with Gasteiger partial charge in [0.15, 0.2) is 0 Å². The average molecular weight is 1540 g/mol. The number of carbonyl (C=O) groups excluding carboxylic acids is 4. The van der Waals surface area contributed by atoms with Crippen LogP contribution < -0.4 is 0 Å². The molecule has 0 amide bonds. The average Bonchev–Trinajstić information content (AvgIpc) is 1.08. The maximum atomic E-state index is 13.3. The van der Waals surface area contributed by atoms with Crippen molar-refractivity contribution in [3.63, 3.8) is 0 Å². The Morgan fingerprint density at radius 1 is 0.413 bits per heavy atom. The molecule has 16 heteroatoms. The first-order chi connectivity index (χ1) is 44.5. The molecule has 1 fully saturated rings. The summed E-state index contributed by atoms with van der Waals surface area (Å²) in [4.78, 5) is 51.7. The largest absolute Gasteiger partial charge is 0.491 e. The van der Waals surface area contributed by atoms with Crippen LogP contribution in [0.4, 0.5) is 0 Å². The van der Waals surface area contributed by atoms with Crippen LogP contribution in [0.3, 0.4) is 0 Å². The number of rotatable bonds is 70. The fraction of sp³-hybridized carbons (Fsp3) is 0.934. The van der Waals surface area contributed by atoms with Crippen molar-refractivity contribution in [2.75, 3.05) is 52.7 Å². The van der Waals surface area contributed by atoms with Crippen LogP contribution in [0.2, 0.25) is 0 Å². The topological polar surface area (TPSA) is 155 Å². The van der Waals surface area contributed by atoms with Crippen LogP contribution in [0.1, 0.15) is 376 Å². The van der Waals surface area contributed by atoms with Gasteiger partial charge in [0.2, 0.25) is 0 Å². The first-order valence-corrected chi connectivity index (χ1v) is 39.8. The Kier molecular flexibility index (Phi) is 70.0. The normalized spacial score (nSPS) is 15.8. The van der Waals surface area contributed by atoms with Gasteiger partial charge in [0, 0.05) is 90.3 Å². The van der Waals surface area contributed by atoms with E-state index in [0.717, 1.165) is 135 Å². The van der Waals surface area contributed by atoms with Gasteiger partial charge >= 0.3 is 26.5 Å². The summed E-state index contributed by atoms with van der Waals surface area (Å²) in [5.74, 6) is -1.62. The third-order valence-electron chi connectivity index (χ3n) is 17.7. The number of hydrogen-bond donors (Lipinski definition) is 0. The molecule has 1 radical (unpaired) electrons. The summed E-state index contributed by atoms with van der Waals surface area (Å²) in [6.45, 7) is 18.3. The minimum atomic E-state index is -1.32. The number of nitrogens with zero attached hydrogens (tertiary/aromatic N) is 1. The van der Waals surface area contributed by atoms with E-state index >= 15 is 0 Å². The SMILES string of the molecule is CCCCCCCCCCCOP(OCCCCCCCCCCC)OCCCCCCCN(CCCCCCCC(=O)OC(CCCCCCCCCCC)CCCCCCCCCCC)CCCCO[C@@H]1[CH-]C(OC(C)=O)[C@H](OC(C)=O)C(COC(C)=O)O1.[Ac]. The van der Waals surface area contributed by atoms with Gasteiger partial charge in [-0.05, 0) is 96.7 Å². The van der Waals surface area contributed by atoms with E-state index in [9.17, 15) is 19.2 Å². The minimum absolute atomic E-state index is 0. The summed E-state index contributed by atoms with van der Waals surface area (Å²) >= 11 is 0. The summed E-state index contributed by atoms with van der Waals surface area (Å²) in [5, 5.41) is 0. The molecule has 0 N–H and O–H groups in total. The Hall–Kier alpha value is -0.488. The van der Waals surface area contributed by atoms with E-state index in [4.69, 9.17) is 42.0 Å². The molecule has 0 spiro atoms. The molecule has 4 atom stereocenters. The van der Waals surface area contributed by atoms with E-state index in [2.05, 4.69) is 32.6 Å². The molecule has 0 saturated carbocycles. The van der Waals surface area contributed by atoms with E-state index < -0.39 is 51.1 Å². The molecule has 2 unspecified atom stereocenters. The van der Waals surface area contributed by atoms with Crippen molar-refractivity contribution >= 4 is 32.5 Å². The Labute approximate surface area is 603 Å².